The summed E-state index contributed by atoms with van der Waals surface area (Å²) in [6.07, 6.45) is 5.72. The van der Waals surface area contributed by atoms with Crippen LogP contribution < -0.4 is 34.7 Å². The third kappa shape index (κ3) is 5.42. The summed E-state index contributed by atoms with van der Waals surface area (Å²) in [4.78, 5) is 11.5. The van der Waals surface area contributed by atoms with Gasteiger partial charge in [0.1, 0.15) is 12.4 Å². The number of nitrogens with zero attached hydrogens (tertiary/aromatic N) is 3. The van der Waals surface area contributed by atoms with Crippen LogP contribution in [0.25, 0.3) is 11.2 Å². The molecule has 3 atom stereocenters. The Balaban J connectivity index is 0.00000300. The topological polar surface area (TPSA) is 98.6 Å². The fourth-order valence-corrected chi connectivity index (χ4v) is 4.32. The average molecular weight is 554 g/mol. The monoisotopic (exact) mass is 553 g/mol. The van der Waals surface area contributed by atoms with Crippen molar-refractivity contribution in [1.82, 2.24) is 14.5 Å². The lowest BCUT2D eigenvalue weighted by molar-refractivity contribution is -0.347. The van der Waals surface area contributed by atoms with Gasteiger partial charge in [-0.15, -0.1) is 11.8 Å². The predicted molar refractivity (Wildman–Crippen MR) is 113 cm³/mol. The minimum Gasteiger partial charge on any atom is -1.00 e. The molecule has 0 unspecified atom stereocenters. The number of ether oxygens (including phenoxy) is 2. The van der Waals surface area contributed by atoms with Gasteiger partial charge < -0.3 is 43.6 Å². The lowest BCUT2D eigenvalue weighted by Crippen LogP contribution is -3.00. The summed E-state index contributed by atoms with van der Waals surface area (Å²) in [6.45, 7) is 11.8. The number of nitrogens with two attached hydrogens (primary N) is 1. The zero-order valence-electron chi connectivity index (χ0n) is 17.9. The quantitative estimate of drug-likeness (QED) is 0.289. The maximum atomic E-state index is 6.42. The van der Waals surface area contributed by atoms with Crippen LogP contribution in [-0.4, -0.2) is 53.9 Å². The molecule has 11 heteroatoms. The van der Waals surface area contributed by atoms with E-state index in [4.69, 9.17) is 19.6 Å². The number of nitrogen functional groups attached to an aromatic ring is 1. The van der Waals surface area contributed by atoms with Gasteiger partial charge >= 0.3 is 0 Å². The molecule has 8 nitrogen and oxygen atoms in total. The Bertz CT molecular complexity index is 816. The van der Waals surface area contributed by atoms with Crippen LogP contribution in [0.5, 0.6) is 0 Å². The van der Waals surface area contributed by atoms with Gasteiger partial charge in [-0.25, -0.2) is 9.97 Å². The van der Waals surface area contributed by atoms with Crippen molar-refractivity contribution >= 4 is 37.1 Å². The van der Waals surface area contributed by atoms with Crippen molar-refractivity contribution in [2.24, 2.45) is 0 Å². The van der Waals surface area contributed by atoms with Crippen molar-refractivity contribution in [3.8, 4) is 0 Å². The van der Waals surface area contributed by atoms with Crippen LogP contribution in [0.2, 0.25) is 18.1 Å². The molecule has 164 valence electrons. The molecule has 1 aliphatic heterocycles. The first kappa shape index (κ1) is 24.8. The van der Waals surface area contributed by atoms with E-state index in [-0.39, 0.29) is 47.5 Å². The van der Waals surface area contributed by atoms with E-state index in [1.165, 1.54) is 6.33 Å². The number of aromatic amines is 1. The molecule has 1 aliphatic rings. The number of nitrogens with one attached hydrogen (secondary N) is 1. The molecule has 0 saturated carbocycles. The summed E-state index contributed by atoms with van der Waals surface area (Å²) in [5.74, 6) is 1.06. The highest BCUT2D eigenvalue weighted by Crippen LogP contribution is 2.38. The molecular formula is C18H32IN5O3SSi. The Morgan fingerprint density at radius 1 is 1.38 bits per heavy atom. The van der Waals surface area contributed by atoms with Gasteiger partial charge in [0.2, 0.25) is 18.1 Å². The van der Waals surface area contributed by atoms with Crippen LogP contribution >= 0.6 is 11.8 Å². The first-order valence-electron chi connectivity index (χ1n) is 9.52. The smallest absolute Gasteiger partial charge is 0.275 e. The van der Waals surface area contributed by atoms with Gasteiger partial charge in [0.15, 0.2) is 14.1 Å². The minimum atomic E-state index is -1.86. The first-order valence-corrected chi connectivity index (χ1v) is 13.8. The standard InChI is InChI=1S/C18H31N5O3SSi.HI/c1-18(2,3)28(5,6)25-8-13-12(24-11-27-4)7-14(26-13)23-10-22-15-16(19)20-9-21-17(15)23;/h9-10,12-14H,7-8,11H2,1-6H3,(H2,19,20,21);1H/t12-,13+,14+;/m0./s1. The van der Waals surface area contributed by atoms with Crippen LogP contribution in [0.4, 0.5) is 5.82 Å². The summed E-state index contributed by atoms with van der Waals surface area (Å²) < 4.78 is 20.8. The second-order valence-electron chi connectivity index (χ2n) is 8.69. The van der Waals surface area contributed by atoms with Gasteiger partial charge in [-0.05, 0) is 24.4 Å². The molecule has 3 heterocycles. The summed E-state index contributed by atoms with van der Waals surface area (Å²) in [7, 11) is -1.86. The molecular weight excluding hydrogens is 521 g/mol. The van der Waals surface area contributed by atoms with E-state index >= 15 is 0 Å². The molecule has 0 spiro atoms. The zero-order valence-corrected chi connectivity index (χ0v) is 21.9. The van der Waals surface area contributed by atoms with E-state index in [0.29, 0.717) is 23.9 Å². The number of hydrogen-bond donors (Lipinski definition) is 1. The molecule has 0 amide bonds. The fourth-order valence-electron chi connectivity index (χ4n) is 3.00. The fraction of sp³-hybridized carbons (Fsp3) is 0.722. The van der Waals surface area contributed by atoms with E-state index in [1.54, 1.807) is 11.8 Å². The number of rotatable bonds is 7. The van der Waals surface area contributed by atoms with E-state index in [1.807, 2.05) is 17.2 Å². The molecule has 1 fully saturated rings. The Kier molecular flexibility index (Phi) is 8.35. The van der Waals surface area contributed by atoms with E-state index in [9.17, 15) is 0 Å². The molecule has 0 radical (unpaired) electrons. The van der Waals surface area contributed by atoms with Gasteiger partial charge in [0.05, 0.1) is 18.6 Å². The van der Waals surface area contributed by atoms with Crippen molar-refractivity contribution in [3.63, 3.8) is 0 Å². The summed E-state index contributed by atoms with van der Waals surface area (Å²) >= 11 is 1.66. The third-order valence-corrected chi connectivity index (χ3v) is 10.6. The lowest BCUT2D eigenvalue weighted by atomic mass is 10.2. The van der Waals surface area contributed by atoms with Gasteiger partial charge in [-0.3, -0.25) is 0 Å². The highest BCUT2D eigenvalue weighted by molar-refractivity contribution is 7.98. The number of imidazole rings is 1. The van der Waals surface area contributed by atoms with Crippen LogP contribution in [0.1, 0.15) is 33.4 Å². The highest BCUT2D eigenvalue weighted by atomic mass is 127. The molecule has 0 aromatic carbocycles. The molecule has 29 heavy (non-hydrogen) atoms. The van der Waals surface area contributed by atoms with Crippen molar-refractivity contribution in [1.29, 1.82) is 0 Å². The van der Waals surface area contributed by atoms with Gasteiger partial charge in [-0.1, -0.05) is 20.8 Å². The van der Waals surface area contributed by atoms with Crippen molar-refractivity contribution < 1.29 is 42.9 Å². The molecule has 2 aromatic rings. The number of halogens is 1. The summed E-state index contributed by atoms with van der Waals surface area (Å²) in [5, 5.41) is 0.153. The van der Waals surface area contributed by atoms with E-state index in [0.717, 1.165) is 12.1 Å². The number of hydrogen-bond acceptors (Lipinski definition) is 7. The van der Waals surface area contributed by atoms with Gasteiger partial charge in [0, 0.05) is 6.42 Å². The Morgan fingerprint density at radius 3 is 2.76 bits per heavy atom. The van der Waals surface area contributed by atoms with Crippen molar-refractivity contribution in [3.05, 3.63) is 12.7 Å². The van der Waals surface area contributed by atoms with Crippen LogP contribution in [0.15, 0.2) is 12.7 Å². The normalized spacial score (nSPS) is 22.8. The highest BCUT2D eigenvalue weighted by Gasteiger charge is 2.43. The van der Waals surface area contributed by atoms with Gasteiger partial charge in [-0.2, -0.15) is 9.55 Å². The van der Waals surface area contributed by atoms with E-state index < -0.39 is 8.32 Å². The Hall–Kier alpha value is -0.473. The molecule has 3 N–H and O–H groups in total. The largest absolute Gasteiger partial charge is 1.00 e. The molecule has 3 rings (SSSR count). The molecule has 2 aromatic heterocycles. The molecule has 1 saturated heterocycles. The third-order valence-electron chi connectivity index (χ3n) is 5.75. The first-order chi connectivity index (χ1) is 13.1. The van der Waals surface area contributed by atoms with Gasteiger partial charge in [0.25, 0.3) is 5.65 Å². The Labute approximate surface area is 194 Å². The SMILES string of the molecule is CSCO[C@H]1C[C@H](n2c[nH+]c3c(N)ncnc32)O[C@@H]1CO[Si](C)(C)C(C)(C)C.[I-]. The number of aromatic nitrogens is 4. The zero-order chi connectivity index (χ0) is 20.5. The van der Waals surface area contributed by atoms with Crippen molar-refractivity contribution in [2.45, 2.75) is 63.8 Å². The molecule has 0 bridgehead atoms. The number of H-pyrrole nitrogens is 1. The maximum Gasteiger partial charge on any atom is 0.275 e. The maximum absolute atomic E-state index is 6.42. The minimum absolute atomic E-state index is 0. The summed E-state index contributed by atoms with van der Waals surface area (Å²) in [5.41, 5.74) is 7.39. The van der Waals surface area contributed by atoms with Crippen LogP contribution in [-0.2, 0) is 13.9 Å². The molecule has 0 aliphatic carbocycles. The van der Waals surface area contributed by atoms with Crippen LogP contribution in [0, 0.1) is 0 Å². The Morgan fingerprint density at radius 2 is 2.10 bits per heavy atom. The van der Waals surface area contributed by atoms with Crippen molar-refractivity contribution in [2.75, 3.05) is 24.5 Å². The van der Waals surface area contributed by atoms with Crippen LogP contribution in [0.3, 0.4) is 0 Å². The van der Waals surface area contributed by atoms with E-state index in [2.05, 4.69) is 48.8 Å². The number of thioether (sulfide) groups is 1. The number of anilines is 1. The lowest BCUT2D eigenvalue weighted by Gasteiger charge is -2.37. The predicted octanol–water partition coefficient (Wildman–Crippen LogP) is -0.153. The average Bonchev–Trinajstić information content (AvgIpc) is 3.21. The second kappa shape index (κ2) is 9.77. The second-order valence-corrected chi connectivity index (χ2v) is 14.3. The summed E-state index contributed by atoms with van der Waals surface area (Å²) in [6, 6.07) is 0. The number of fused-ring (bicyclic) bond motifs is 1.